The molecule has 5 nitrogen and oxygen atoms in total. The summed E-state index contributed by atoms with van der Waals surface area (Å²) < 4.78 is 12.2. The Labute approximate surface area is 160 Å². The maximum Gasteiger partial charge on any atom is 0.496 e. The summed E-state index contributed by atoms with van der Waals surface area (Å²) in [6, 6.07) is 11.9. The molecule has 0 unspecified atom stereocenters. The summed E-state index contributed by atoms with van der Waals surface area (Å²) >= 11 is 0. The monoisotopic (exact) mass is 359 g/mol. The zero-order valence-electron chi connectivity index (χ0n) is 16.0. The first-order valence-corrected chi connectivity index (χ1v) is 9.04. The normalized spacial score (nSPS) is 17.9. The Hall–Kier alpha value is -2.57. The molecule has 4 heterocycles. The van der Waals surface area contributed by atoms with Crippen LogP contribution in [-0.4, -0.2) is 33.3 Å². The molecule has 6 heteroatoms. The van der Waals surface area contributed by atoms with E-state index in [-0.39, 0.29) is 11.2 Å². The fourth-order valence-corrected chi connectivity index (χ4v) is 2.93. The van der Waals surface area contributed by atoms with Crippen LogP contribution in [0.5, 0.6) is 0 Å². The van der Waals surface area contributed by atoms with Crippen LogP contribution >= 0.6 is 0 Å². The topological polar surface area (TPSA) is 57.1 Å². The molecule has 1 aliphatic rings. The molecule has 0 atom stereocenters. The van der Waals surface area contributed by atoms with Crippen LogP contribution in [0, 0.1) is 0 Å². The molecule has 27 heavy (non-hydrogen) atoms. The number of aromatic nitrogens is 3. The highest BCUT2D eigenvalue weighted by Gasteiger charge is 2.51. The van der Waals surface area contributed by atoms with Crippen molar-refractivity contribution in [2.75, 3.05) is 0 Å². The van der Waals surface area contributed by atoms with Gasteiger partial charge in [0.25, 0.3) is 0 Å². The lowest BCUT2D eigenvalue weighted by Gasteiger charge is -2.32. The van der Waals surface area contributed by atoms with Crippen molar-refractivity contribution in [2.45, 2.75) is 38.9 Å². The molecule has 4 rings (SSSR count). The standard InChI is InChI=1S/C21H22BN3O2/c1-20(2)21(3,4)27-22(26-20)17-8-10-19(25-14-17)16-7-9-18(24-13-16)15-6-5-11-23-12-15/h5-14H,1-4H3. The minimum absolute atomic E-state index is 0.359. The van der Waals surface area contributed by atoms with E-state index in [4.69, 9.17) is 9.31 Å². The van der Waals surface area contributed by atoms with E-state index in [2.05, 4.69) is 15.0 Å². The molecule has 1 saturated heterocycles. The van der Waals surface area contributed by atoms with Crippen LogP contribution in [0.2, 0.25) is 0 Å². The van der Waals surface area contributed by atoms with Crippen LogP contribution in [0.4, 0.5) is 0 Å². The van der Waals surface area contributed by atoms with Crippen molar-refractivity contribution in [2.24, 2.45) is 0 Å². The van der Waals surface area contributed by atoms with Crippen LogP contribution in [0.3, 0.4) is 0 Å². The zero-order chi connectivity index (χ0) is 19.1. The third-order valence-corrected chi connectivity index (χ3v) is 5.33. The van der Waals surface area contributed by atoms with Crippen molar-refractivity contribution >= 4 is 12.6 Å². The minimum Gasteiger partial charge on any atom is -0.399 e. The predicted octanol–water partition coefficient (Wildman–Crippen LogP) is 3.50. The van der Waals surface area contributed by atoms with Crippen LogP contribution in [0.1, 0.15) is 27.7 Å². The number of rotatable bonds is 3. The largest absolute Gasteiger partial charge is 0.496 e. The molecule has 0 aliphatic carbocycles. The van der Waals surface area contributed by atoms with Crippen LogP contribution < -0.4 is 5.46 Å². The van der Waals surface area contributed by atoms with E-state index in [0.29, 0.717) is 0 Å². The van der Waals surface area contributed by atoms with Crippen LogP contribution in [-0.2, 0) is 9.31 Å². The molecular formula is C21H22BN3O2. The first-order chi connectivity index (χ1) is 12.9. The van der Waals surface area contributed by atoms with Gasteiger partial charge in [-0.2, -0.15) is 0 Å². The van der Waals surface area contributed by atoms with Gasteiger partial charge in [-0.1, -0.05) is 6.07 Å². The van der Waals surface area contributed by atoms with Crippen molar-refractivity contribution in [1.82, 2.24) is 15.0 Å². The van der Waals surface area contributed by atoms with Gasteiger partial charge in [-0.25, -0.2) is 0 Å². The summed E-state index contributed by atoms with van der Waals surface area (Å²) in [7, 11) is -0.400. The Morgan fingerprint density at radius 2 is 1.37 bits per heavy atom. The molecule has 0 aromatic carbocycles. The summed E-state index contributed by atoms with van der Waals surface area (Å²) in [5.74, 6) is 0. The second-order valence-corrected chi connectivity index (χ2v) is 7.74. The quantitative estimate of drug-likeness (QED) is 0.670. The predicted molar refractivity (Wildman–Crippen MR) is 106 cm³/mol. The molecule has 0 amide bonds. The number of hydrogen-bond acceptors (Lipinski definition) is 5. The van der Waals surface area contributed by atoms with Gasteiger partial charge in [-0.15, -0.1) is 0 Å². The molecule has 0 radical (unpaired) electrons. The Morgan fingerprint density at radius 3 is 1.89 bits per heavy atom. The second-order valence-electron chi connectivity index (χ2n) is 7.74. The van der Waals surface area contributed by atoms with E-state index in [9.17, 15) is 0 Å². The Balaban J connectivity index is 1.53. The summed E-state index contributed by atoms with van der Waals surface area (Å²) in [6.45, 7) is 8.18. The van der Waals surface area contributed by atoms with Crippen molar-refractivity contribution in [3.63, 3.8) is 0 Å². The Morgan fingerprint density at radius 1 is 0.741 bits per heavy atom. The molecule has 0 N–H and O–H groups in total. The summed E-state index contributed by atoms with van der Waals surface area (Å²) in [5, 5.41) is 0. The van der Waals surface area contributed by atoms with E-state index in [1.165, 1.54) is 0 Å². The summed E-state index contributed by atoms with van der Waals surface area (Å²) in [4.78, 5) is 13.2. The molecule has 1 aliphatic heterocycles. The summed E-state index contributed by atoms with van der Waals surface area (Å²) in [6.07, 6.45) is 7.20. The van der Waals surface area contributed by atoms with Gasteiger partial charge in [0.05, 0.1) is 22.6 Å². The fourth-order valence-electron chi connectivity index (χ4n) is 2.93. The SMILES string of the molecule is CC1(C)OB(c2ccc(-c3ccc(-c4cccnc4)nc3)nc2)OC1(C)C. The Kier molecular flexibility index (Phi) is 4.33. The van der Waals surface area contributed by atoms with E-state index in [1.54, 1.807) is 12.4 Å². The van der Waals surface area contributed by atoms with Gasteiger partial charge in [0.2, 0.25) is 0 Å². The van der Waals surface area contributed by atoms with Gasteiger partial charge in [0, 0.05) is 41.4 Å². The van der Waals surface area contributed by atoms with E-state index < -0.39 is 7.12 Å². The number of nitrogens with zero attached hydrogens (tertiary/aromatic N) is 3. The summed E-state index contributed by atoms with van der Waals surface area (Å²) in [5.41, 5.74) is 3.90. The van der Waals surface area contributed by atoms with Gasteiger partial charge in [-0.05, 0) is 58.0 Å². The van der Waals surface area contributed by atoms with Crippen LogP contribution in [0.25, 0.3) is 22.5 Å². The second kappa shape index (κ2) is 6.55. The highest BCUT2D eigenvalue weighted by Crippen LogP contribution is 2.36. The van der Waals surface area contributed by atoms with Gasteiger partial charge in [0.15, 0.2) is 0 Å². The maximum atomic E-state index is 6.08. The smallest absolute Gasteiger partial charge is 0.399 e. The molecule has 0 bridgehead atoms. The van der Waals surface area contributed by atoms with Crippen molar-refractivity contribution in [1.29, 1.82) is 0 Å². The maximum absolute atomic E-state index is 6.08. The molecule has 0 saturated carbocycles. The highest BCUT2D eigenvalue weighted by molar-refractivity contribution is 6.62. The van der Waals surface area contributed by atoms with E-state index >= 15 is 0 Å². The first kappa shape index (κ1) is 17.8. The average Bonchev–Trinajstić information content (AvgIpc) is 2.90. The fraction of sp³-hybridized carbons (Fsp3) is 0.286. The van der Waals surface area contributed by atoms with E-state index in [1.807, 2.05) is 76.5 Å². The van der Waals surface area contributed by atoms with Gasteiger partial charge in [-0.3, -0.25) is 15.0 Å². The van der Waals surface area contributed by atoms with Gasteiger partial charge < -0.3 is 9.31 Å². The van der Waals surface area contributed by atoms with Crippen molar-refractivity contribution in [3.05, 3.63) is 61.2 Å². The van der Waals surface area contributed by atoms with Crippen molar-refractivity contribution < 1.29 is 9.31 Å². The molecule has 3 aromatic rings. The lowest BCUT2D eigenvalue weighted by atomic mass is 9.80. The zero-order valence-corrected chi connectivity index (χ0v) is 16.0. The third-order valence-electron chi connectivity index (χ3n) is 5.33. The lowest BCUT2D eigenvalue weighted by Crippen LogP contribution is -2.41. The minimum atomic E-state index is -0.400. The molecular weight excluding hydrogens is 337 g/mol. The van der Waals surface area contributed by atoms with Crippen LogP contribution in [0.15, 0.2) is 61.2 Å². The Bertz CT molecular complexity index is 910. The third kappa shape index (κ3) is 3.38. The molecule has 1 fully saturated rings. The van der Waals surface area contributed by atoms with E-state index in [0.717, 1.165) is 28.0 Å². The van der Waals surface area contributed by atoms with Gasteiger partial charge >= 0.3 is 7.12 Å². The average molecular weight is 359 g/mol. The highest BCUT2D eigenvalue weighted by atomic mass is 16.7. The number of hydrogen-bond donors (Lipinski definition) is 0. The molecule has 3 aromatic heterocycles. The first-order valence-electron chi connectivity index (χ1n) is 9.04. The van der Waals surface area contributed by atoms with Gasteiger partial charge in [0.1, 0.15) is 0 Å². The molecule has 0 spiro atoms. The molecule has 136 valence electrons. The number of pyridine rings is 3. The lowest BCUT2D eigenvalue weighted by molar-refractivity contribution is 0.00578. The van der Waals surface area contributed by atoms with Crippen molar-refractivity contribution in [3.8, 4) is 22.5 Å².